The predicted molar refractivity (Wildman–Crippen MR) is 80.8 cm³/mol. The second kappa shape index (κ2) is 7.88. The Bertz CT molecular complexity index is 460. The fourth-order valence-corrected chi connectivity index (χ4v) is 3.76. The topological polar surface area (TPSA) is 37.4 Å². The van der Waals surface area contributed by atoms with Crippen molar-refractivity contribution in [1.29, 1.82) is 0 Å². The van der Waals surface area contributed by atoms with Crippen molar-refractivity contribution < 1.29 is 8.42 Å². The number of nitrogens with zero attached hydrogens (tertiary/aromatic N) is 1. The molecule has 0 aliphatic carbocycles. The molecule has 0 N–H and O–H groups in total. The van der Waals surface area contributed by atoms with Crippen LogP contribution in [0.2, 0.25) is 0 Å². The molecule has 108 valence electrons. The predicted octanol–water partition coefficient (Wildman–Crippen LogP) is 3.10. The molecule has 0 bridgehead atoms. The number of hydrogen-bond acceptors (Lipinski definition) is 2. The van der Waals surface area contributed by atoms with E-state index in [1.165, 1.54) is 4.31 Å². The van der Waals surface area contributed by atoms with Crippen LogP contribution in [0.25, 0.3) is 0 Å². The second-order valence-corrected chi connectivity index (χ2v) is 7.47. The van der Waals surface area contributed by atoms with Crippen molar-refractivity contribution in [1.82, 2.24) is 4.31 Å². The van der Waals surface area contributed by atoms with Gasteiger partial charge in [-0.1, -0.05) is 44.2 Å². The number of rotatable bonds is 8. The smallest absolute Gasteiger partial charge is 0.212 e. The van der Waals surface area contributed by atoms with Gasteiger partial charge in [0.05, 0.1) is 5.75 Å². The third kappa shape index (κ3) is 5.93. The van der Waals surface area contributed by atoms with Crippen LogP contribution in [0.3, 0.4) is 0 Å². The maximum Gasteiger partial charge on any atom is 0.214 e. The van der Waals surface area contributed by atoms with Crippen LogP contribution in [0.4, 0.5) is 0 Å². The van der Waals surface area contributed by atoms with E-state index >= 15 is 0 Å². The molecule has 0 fully saturated rings. The Hall–Kier alpha value is -0.580. The van der Waals surface area contributed by atoms with Gasteiger partial charge in [0, 0.05) is 19.0 Å². The maximum absolute atomic E-state index is 12.3. The van der Waals surface area contributed by atoms with Gasteiger partial charge in [0.15, 0.2) is 0 Å². The standard InChI is InChI=1S/C14H22ClNO2S/c1-13(2)8-11-19(17,18)16(10-9-15)12-14-6-4-3-5-7-14/h3-7,13H,8-12H2,1-2H3. The zero-order valence-corrected chi connectivity index (χ0v) is 13.1. The zero-order valence-electron chi connectivity index (χ0n) is 11.5. The summed E-state index contributed by atoms with van der Waals surface area (Å²) in [7, 11) is -3.23. The van der Waals surface area contributed by atoms with E-state index in [0.717, 1.165) is 5.56 Å². The number of alkyl halides is 1. The Labute approximate surface area is 121 Å². The third-order valence-electron chi connectivity index (χ3n) is 2.88. The molecule has 1 aromatic carbocycles. The highest BCUT2D eigenvalue weighted by Crippen LogP contribution is 2.13. The molecule has 1 rings (SSSR count). The van der Waals surface area contributed by atoms with Gasteiger partial charge in [0.1, 0.15) is 0 Å². The van der Waals surface area contributed by atoms with Crippen molar-refractivity contribution in [3.63, 3.8) is 0 Å². The highest BCUT2D eigenvalue weighted by Gasteiger charge is 2.21. The SMILES string of the molecule is CC(C)CCS(=O)(=O)N(CCCl)Cc1ccccc1. The molecule has 0 radical (unpaired) electrons. The Morgan fingerprint density at radius 3 is 2.37 bits per heavy atom. The average molecular weight is 304 g/mol. The number of halogens is 1. The molecule has 5 heteroatoms. The van der Waals surface area contributed by atoms with Crippen molar-refractivity contribution >= 4 is 21.6 Å². The lowest BCUT2D eigenvalue weighted by Gasteiger charge is -2.21. The fourth-order valence-electron chi connectivity index (χ4n) is 1.71. The minimum absolute atomic E-state index is 0.189. The summed E-state index contributed by atoms with van der Waals surface area (Å²) in [5.41, 5.74) is 0.987. The molecule has 1 aromatic rings. The lowest BCUT2D eigenvalue weighted by atomic mass is 10.2. The summed E-state index contributed by atoms with van der Waals surface area (Å²) in [6.07, 6.45) is 0.676. The van der Waals surface area contributed by atoms with Crippen LogP contribution < -0.4 is 0 Å². The molecule has 0 saturated carbocycles. The van der Waals surface area contributed by atoms with E-state index in [-0.39, 0.29) is 5.75 Å². The van der Waals surface area contributed by atoms with Crippen LogP contribution in [0.5, 0.6) is 0 Å². The van der Waals surface area contributed by atoms with E-state index in [1.54, 1.807) is 0 Å². The van der Waals surface area contributed by atoms with Gasteiger partial charge in [-0.15, -0.1) is 11.6 Å². The van der Waals surface area contributed by atoms with Crippen molar-refractivity contribution in [2.24, 2.45) is 5.92 Å². The first-order valence-electron chi connectivity index (χ1n) is 6.53. The van der Waals surface area contributed by atoms with E-state index in [0.29, 0.717) is 31.3 Å². The lowest BCUT2D eigenvalue weighted by molar-refractivity contribution is 0.421. The summed E-state index contributed by atoms with van der Waals surface area (Å²) in [5.74, 6) is 0.881. The zero-order chi connectivity index (χ0) is 14.3. The molecule has 19 heavy (non-hydrogen) atoms. The molecular weight excluding hydrogens is 282 g/mol. The molecule has 0 unspecified atom stereocenters. The Balaban J connectivity index is 2.76. The van der Waals surface area contributed by atoms with Crippen molar-refractivity contribution in [3.05, 3.63) is 35.9 Å². The number of sulfonamides is 1. The van der Waals surface area contributed by atoms with Crippen molar-refractivity contribution in [3.8, 4) is 0 Å². The molecule has 0 amide bonds. The number of hydrogen-bond donors (Lipinski definition) is 0. The van der Waals surface area contributed by atoms with Crippen LogP contribution in [0.15, 0.2) is 30.3 Å². The first kappa shape index (κ1) is 16.5. The van der Waals surface area contributed by atoms with E-state index in [1.807, 2.05) is 44.2 Å². The molecule has 0 aliphatic heterocycles. The van der Waals surface area contributed by atoms with Crippen LogP contribution in [-0.2, 0) is 16.6 Å². The van der Waals surface area contributed by atoms with E-state index in [2.05, 4.69) is 0 Å². The normalized spacial score (nSPS) is 12.3. The van der Waals surface area contributed by atoms with Gasteiger partial charge in [0.25, 0.3) is 0 Å². The summed E-state index contributed by atoms with van der Waals surface area (Å²) in [5, 5.41) is 0. The molecular formula is C14H22ClNO2S. The van der Waals surface area contributed by atoms with Gasteiger partial charge in [-0.25, -0.2) is 8.42 Å². The van der Waals surface area contributed by atoms with E-state index < -0.39 is 10.0 Å². The summed E-state index contributed by atoms with van der Waals surface area (Å²) in [6, 6.07) is 9.60. The van der Waals surface area contributed by atoms with Gasteiger partial charge in [-0.3, -0.25) is 0 Å². The Kier molecular flexibility index (Phi) is 6.83. The van der Waals surface area contributed by atoms with E-state index in [9.17, 15) is 8.42 Å². The minimum Gasteiger partial charge on any atom is -0.212 e. The van der Waals surface area contributed by atoms with Crippen LogP contribution >= 0.6 is 11.6 Å². The average Bonchev–Trinajstić information content (AvgIpc) is 2.37. The molecule has 0 saturated heterocycles. The summed E-state index contributed by atoms with van der Waals surface area (Å²) >= 11 is 5.73. The first-order valence-corrected chi connectivity index (χ1v) is 8.68. The quantitative estimate of drug-likeness (QED) is 0.692. The fraction of sp³-hybridized carbons (Fsp3) is 0.571. The second-order valence-electron chi connectivity index (χ2n) is 5.01. The van der Waals surface area contributed by atoms with Crippen molar-refractivity contribution in [2.45, 2.75) is 26.8 Å². The van der Waals surface area contributed by atoms with Crippen molar-refractivity contribution in [2.75, 3.05) is 18.2 Å². The summed E-state index contributed by atoms with van der Waals surface area (Å²) in [4.78, 5) is 0. The lowest BCUT2D eigenvalue weighted by Crippen LogP contribution is -2.34. The molecule has 0 atom stereocenters. The summed E-state index contributed by atoms with van der Waals surface area (Å²) < 4.78 is 26.1. The van der Waals surface area contributed by atoms with Gasteiger partial charge >= 0.3 is 0 Å². The van der Waals surface area contributed by atoms with Gasteiger partial charge in [-0.05, 0) is 17.9 Å². The molecule has 0 aliphatic rings. The third-order valence-corrected chi connectivity index (χ3v) is 4.90. The number of benzene rings is 1. The highest BCUT2D eigenvalue weighted by atomic mass is 35.5. The van der Waals surface area contributed by atoms with Gasteiger partial charge in [-0.2, -0.15) is 4.31 Å². The molecule has 0 spiro atoms. The van der Waals surface area contributed by atoms with E-state index in [4.69, 9.17) is 11.6 Å². The molecule has 0 aromatic heterocycles. The van der Waals surface area contributed by atoms with Crippen LogP contribution in [0.1, 0.15) is 25.8 Å². The van der Waals surface area contributed by atoms with Crippen LogP contribution in [0, 0.1) is 5.92 Å². The van der Waals surface area contributed by atoms with Gasteiger partial charge < -0.3 is 0 Å². The Morgan fingerprint density at radius 1 is 1.21 bits per heavy atom. The highest BCUT2D eigenvalue weighted by molar-refractivity contribution is 7.89. The largest absolute Gasteiger partial charge is 0.214 e. The minimum atomic E-state index is -3.23. The van der Waals surface area contributed by atoms with Gasteiger partial charge in [0.2, 0.25) is 10.0 Å². The molecule has 3 nitrogen and oxygen atoms in total. The maximum atomic E-state index is 12.3. The first-order chi connectivity index (χ1) is 8.95. The van der Waals surface area contributed by atoms with Crippen LogP contribution in [-0.4, -0.2) is 30.9 Å². The monoisotopic (exact) mass is 303 g/mol. The Morgan fingerprint density at radius 2 is 1.84 bits per heavy atom. The summed E-state index contributed by atoms with van der Waals surface area (Å²) in [6.45, 7) is 4.81. The molecule has 0 heterocycles.